The Morgan fingerprint density at radius 3 is 3.12 bits per heavy atom. The third kappa shape index (κ3) is 3.85. The molecule has 2 aromatic rings. The van der Waals surface area contributed by atoms with Crippen molar-refractivity contribution in [3.05, 3.63) is 39.9 Å². The number of hydrogen-bond acceptors (Lipinski definition) is 6. The number of amides is 1. The molecule has 1 aliphatic heterocycles. The van der Waals surface area contributed by atoms with E-state index >= 15 is 0 Å². The van der Waals surface area contributed by atoms with Gasteiger partial charge in [-0.05, 0) is 30.2 Å². The van der Waals surface area contributed by atoms with E-state index in [1.54, 1.807) is 11.4 Å². The number of thiazole rings is 1. The molecule has 0 aliphatic carbocycles. The van der Waals surface area contributed by atoms with Crippen molar-refractivity contribution >= 4 is 39.9 Å². The predicted molar refractivity (Wildman–Crippen MR) is 90.6 cm³/mol. The summed E-state index contributed by atoms with van der Waals surface area (Å²) in [5.74, 6) is -0.0890. The van der Waals surface area contributed by atoms with Crippen molar-refractivity contribution in [2.24, 2.45) is 5.92 Å². The lowest BCUT2D eigenvalue weighted by atomic mass is 9.96. The monoisotopic (exact) mass is 366 g/mol. The van der Waals surface area contributed by atoms with Gasteiger partial charge < -0.3 is 14.8 Å². The van der Waals surface area contributed by atoms with Crippen molar-refractivity contribution in [1.82, 2.24) is 4.98 Å². The number of halogens is 1. The molecule has 0 spiro atoms. The Balaban J connectivity index is 1.62. The maximum Gasteiger partial charge on any atom is 0.311 e. The number of nitrogens with one attached hydrogen (secondary N) is 1. The van der Waals surface area contributed by atoms with Gasteiger partial charge in [0.25, 0.3) is 0 Å². The van der Waals surface area contributed by atoms with E-state index < -0.39 is 0 Å². The summed E-state index contributed by atoms with van der Waals surface area (Å²) in [6.07, 6.45) is 0.642. The third-order valence-corrected chi connectivity index (χ3v) is 4.68. The highest BCUT2D eigenvalue weighted by molar-refractivity contribution is 7.13. The molecule has 0 fully saturated rings. The maximum atomic E-state index is 12.4. The number of esters is 1. The number of rotatable bonds is 4. The van der Waals surface area contributed by atoms with Crippen molar-refractivity contribution in [2.45, 2.75) is 12.8 Å². The first-order valence-electron chi connectivity index (χ1n) is 7.28. The minimum atomic E-state index is -0.368. The second-order valence-corrected chi connectivity index (χ2v) is 6.64. The SMILES string of the molecule is COC(=O)Cc1csc(NC(=O)C2COc3ccc(Cl)cc3C2)n1. The summed E-state index contributed by atoms with van der Waals surface area (Å²) in [4.78, 5) is 27.8. The number of carbonyl (C=O) groups excluding carboxylic acids is 2. The molecule has 1 unspecified atom stereocenters. The van der Waals surface area contributed by atoms with Crippen LogP contribution in [0.2, 0.25) is 5.02 Å². The quantitative estimate of drug-likeness (QED) is 0.842. The smallest absolute Gasteiger partial charge is 0.311 e. The van der Waals surface area contributed by atoms with Gasteiger partial charge in [0.2, 0.25) is 5.91 Å². The number of carbonyl (C=O) groups is 2. The lowest BCUT2D eigenvalue weighted by molar-refractivity contribution is -0.139. The lowest BCUT2D eigenvalue weighted by Crippen LogP contribution is -2.32. The Kier molecular flexibility index (Phi) is 5.01. The molecule has 1 aromatic carbocycles. The molecule has 24 heavy (non-hydrogen) atoms. The number of benzene rings is 1. The topological polar surface area (TPSA) is 77.5 Å². The Morgan fingerprint density at radius 1 is 1.50 bits per heavy atom. The minimum Gasteiger partial charge on any atom is -0.492 e. The fraction of sp³-hybridized carbons (Fsp3) is 0.312. The second kappa shape index (κ2) is 7.19. The third-order valence-electron chi connectivity index (χ3n) is 3.63. The molecular formula is C16H15ClN2O4S. The van der Waals surface area contributed by atoms with E-state index in [1.165, 1.54) is 18.4 Å². The Bertz CT molecular complexity index is 777. The average Bonchev–Trinajstić information content (AvgIpc) is 3.00. The van der Waals surface area contributed by atoms with E-state index in [0.717, 1.165) is 11.3 Å². The normalized spacial score (nSPS) is 16.0. The first kappa shape index (κ1) is 16.7. The number of aromatic nitrogens is 1. The largest absolute Gasteiger partial charge is 0.492 e. The molecule has 2 heterocycles. The molecule has 0 bridgehead atoms. The van der Waals surface area contributed by atoms with Crippen LogP contribution in [0, 0.1) is 5.92 Å². The van der Waals surface area contributed by atoms with Crippen LogP contribution < -0.4 is 10.1 Å². The molecule has 1 N–H and O–H groups in total. The first-order chi connectivity index (χ1) is 11.5. The molecule has 1 aliphatic rings. The minimum absolute atomic E-state index is 0.0846. The van der Waals surface area contributed by atoms with Gasteiger partial charge in [0.05, 0.1) is 25.1 Å². The first-order valence-corrected chi connectivity index (χ1v) is 8.54. The van der Waals surface area contributed by atoms with Crippen LogP contribution in [0.3, 0.4) is 0 Å². The Hall–Kier alpha value is -2.12. The van der Waals surface area contributed by atoms with Crippen molar-refractivity contribution in [1.29, 1.82) is 0 Å². The predicted octanol–water partition coefficient (Wildman–Crippen LogP) is 2.70. The van der Waals surface area contributed by atoms with Crippen molar-refractivity contribution in [3.63, 3.8) is 0 Å². The van der Waals surface area contributed by atoms with Gasteiger partial charge in [-0.2, -0.15) is 0 Å². The number of hydrogen-bond donors (Lipinski definition) is 1. The van der Waals surface area contributed by atoms with Crippen LogP contribution in [-0.2, 0) is 27.2 Å². The molecule has 126 valence electrons. The van der Waals surface area contributed by atoms with E-state index in [4.69, 9.17) is 16.3 Å². The summed E-state index contributed by atoms with van der Waals surface area (Å²) in [5.41, 5.74) is 1.48. The van der Waals surface area contributed by atoms with E-state index in [1.807, 2.05) is 12.1 Å². The van der Waals surface area contributed by atoms with Crippen molar-refractivity contribution < 1.29 is 19.1 Å². The van der Waals surface area contributed by atoms with E-state index in [0.29, 0.717) is 28.9 Å². The van der Waals surface area contributed by atoms with Gasteiger partial charge in [-0.15, -0.1) is 11.3 Å². The fourth-order valence-electron chi connectivity index (χ4n) is 2.40. The molecule has 1 amide bonds. The number of nitrogens with zero attached hydrogens (tertiary/aromatic N) is 1. The molecule has 6 nitrogen and oxygen atoms in total. The molecule has 0 saturated carbocycles. The molecular weight excluding hydrogens is 352 g/mol. The van der Waals surface area contributed by atoms with Crippen LogP contribution in [0.15, 0.2) is 23.6 Å². The summed E-state index contributed by atoms with van der Waals surface area (Å²) < 4.78 is 10.2. The van der Waals surface area contributed by atoms with Crippen LogP contribution in [0.4, 0.5) is 5.13 Å². The Morgan fingerprint density at radius 2 is 2.33 bits per heavy atom. The summed E-state index contributed by atoms with van der Waals surface area (Å²) in [6.45, 7) is 0.306. The fourth-order valence-corrected chi connectivity index (χ4v) is 3.31. The number of methoxy groups -OCH3 is 1. The highest BCUT2D eigenvalue weighted by Gasteiger charge is 2.26. The highest BCUT2D eigenvalue weighted by atomic mass is 35.5. The molecule has 1 atom stereocenters. The van der Waals surface area contributed by atoms with Gasteiger partial charge in [0.15, 0.2) is 5.13 Å². The summed E-state index contributed by atoms with van der Waals surface area (Å²) in [7, 11) is 1.32. The molecule has 8 heteroatoms. The lowest BCUT2D eigenvalue weighted by Gasteiger charge is -2.24. The molecule has 1 aromatic heterocycles. The van der Waals surface area contributed by atoms with Gasteiger partial charge in [0, 0.05) is 10.4 Å². The molecule has 3 rings (SSSR count). The average molecular weight is 367 g/mol. The van der Waals surface area contributed by atoms with Gasteiger partial charge in [0.1, 0.15) is 12.4 Å². The van der Waals surface area contributed by atoms with E-state index in [9.17, 15) is 9.59 Å². The number of ether oxygens (including phenoxy) is 2. The summed E-state index contributed by atoms with van der Waals surface area (Å²) >= 11 is 7.26. The van der Waals surface area contributed by atoms with Gasteiger partial charge in [-0.1, -0.05) is 11.6 Å². The van der Waals surface area contributed by atoms with E-state index in [-0.39, 0.29) is 24.2 Å². The number of anilines is 1. The van der Waals surface area contributed by atoms with Crippen molar-refractivity contribution in [2.75, 3.05) is 19.0 Å². The van der Waals surface area contributed by atoms with Gasteiger partial charge in [-0.3, -0.25) is 9.59 Å². The zero-order valence-corrected chi connectivity index (χ0v) is 14.4. The van der Waals surface area contributed by atoms with Crippen LogP contribution in [0.1, 0.15) is 11.3 Å². The van der Waals surface area contributed by atoms with Crippen LogP contribution in [0.5, 0.6) is 5.75 Å². The zero-order chi connectivity index (χ0) is 17.1. The molecule has 0 saturated heterocycles. The maximum absolute atomic E-state index is 12.4. The van der Waals surface area contributed by atoms with Gasteiger partial charge in [-0.25, -0.2) is 4.98 Å². The van der Waals surface area contributed by atoms with Crippen LogP contribution >= 0.6 is 22.9 Å². The van der Waals surface area contributed by atoms with Gasteiger partial charge >= 0.3 is 5.97 Å². The zero-order valence-electron chi connectivity index (χ0n) is 12.9. The summed E-state index contributed by atoms with van der Waals surface area (Å²) in [6, 6.07) is 5.39. The highest BCUT2D eigenvalue weighted by Crippen LogP contribution is 2.30. The van der Waals surface area contributed by atoms with Crippen LogP contribution in [-0.4, -0.2) is 30.6 Å². The van der Waals surface area contributed by atoms with Crippen LogP contribution in [0.25, 0.3) is 0 Å². The number of fused-ring (bicyclic) bond motifs is 1. The Labute approximate surface area is 147 Å². The van der Waals surface area contributed by atoms with E-state index in [2.05, 4.69) is 15.0 Å². The summed E-state index contributed by atoms with van der Waals surface area (Å²) in [5, 5.41) is 5.56. The molecule has 0 radical (unpaired) electrons. The standard InChI is InChI=1S/C16H15ClN2O4S/c1-22-14(20)6-12-8-24-16(18-12)19-15(21)10-4-9-5-11(17)2-3-13(9)23-7-10/h2-3,5,8,10H,4,6-7H2,1H3,(H,18,19,21). The second-order valence-electron chi connectivity index (χ2n) is 5.35. The van der Waals surface area contributed by atoms with Crippen molar-refractivity contribution in [3.8, 4) is 5.75 Å².